The number of benzene rings is 1. The van der Waals surface area contributed by atoms with E-state index in [2.05, 4.69) is 11.4 Å². The van der Waals surface area contributed by atoms with Crippen molar-refractivity contribution in [3.05, 3.63) is 36.4 Å². The number of ether oxygens (including phenoxy) is 1. The van der Waals surface area contributed by atoms with Crippen LogP contribution in [0.1, 0.15) is 13.8 Å². The van der Waals surface area contributed by atoms with E-state index in [1.54, 1.807) is 0 Å². The Labute approximate surface area is 85.6 Å². The average molecular weight is 191 g/mol. The quantitative estimate of drug-likeness (QED) is 0.722. The first kappa shape index (κ1) is 10.6. The summed E-state index contributed by atoms with van der Waals surface area (Å²) in [7, 11) is 0. The van der Waals surface area contributed by atoms with Gasteiger partial charge >= 0.3 is 0 Å². The second-order valence-electron chi connectivity index (χ2n) is 2.91. The Morgan fingerprint density at radius 1 is 1.43 bits per heavy atom. The second kappa shape index (κ2) is 6.08. The van der Waals surface area contributed by atoms with E-state index in [0.29, 0.717) is 6.61 Å². The third-order valence-electron chi connectivity index (χ3n) is 1.80. The molecule has 0 saturated heterocycles. The Morgan fingerprint density at radius 3 is 3.00 bits per heavy atom. The summed E-state index contributed by atoms with van der Waals surface area (Å²) in [5.41, 5.74) is 1.09. The second-order valence-corrected chi connectivity index (χ2v) is 2.91. The number of hydrogen-bond acceptors (Lipinski definition) is 2. The van der Waals surface area contributed by atoms with E-state index in [9.17, 15) is 0 Å². The van der Waals surface area contributed by atoms with Crippen molar-refractivity contribution < 1.29 is 4.74 Å². The van der Waals surface area contributed by atoms with Gasteiger partial charge in [0.05, 0.1) is 6.61 Å². The Balaban J connectivity index is 2.54. The van der Waals surface area contributed by atoms with Crippen molar-refractivity contribution >= 4 is 5.69 Å². The largest absolute Gasteiger partial charge is 0.494 e. The molecule has 1 N–H and O–H groups in total. The predicted octanol–water partition coefficient (Wildman–Crippen LogP) is 3.07. The Bertz CT molecular complexity index is 294. The van der Waals surface area contributed by atoms with Crippen LogP contribution in [-0.2, 0) is 0 Å². The molecule has 0 amide bonds. The number of anilines is 1. The molecule has 0 unspecified atom stereocenters. The van der Waals surface area contributed by atoms with Crippen LogP contribution in [0.5, 0.6) is 5.75 Å². The van der Waals surface area contributed by atoms with Gasteiger partial charge in [-0.1, -0.05) is 18.2 Å². The highest BCUT2D eigenvalue weighted by molar-refractivity contribution is 5.48. The molecule has 76 valence electrons. The topological polar surface area (TPSA) is 21.3 Å². The molecule has 0 heterocycles. The Kier molecular flexibility index (Phi) is 4.62. The maximum atomic E-state index is 5.39. The fourth-order valence-corrected chi connectivity index (χ4v) is 1.16. The number of allylic oxidation sites excluding steroid dienone is 1. The molecule has 0 radical (unpaired) electrons. The average Bonchev–Trinajstić information content (AvgIpc) is 2.19. The van der Waals surface area contributed by atoms with Crippen molar-refractivity contribution in [2.24, 2.45) is 0 Å². The van der Waals surface area contributed by atoms with Crippen LogP contribution in [-0.4, -0.2) is 13.2 Å². The zero-order chi connectivity index (χ0) is 10.2. The van der Waals surface area contributed by atoms with Crippen LogP contribution >= 0.6 is 0 Å². The highest BCUT2D eigenvalue weighted by Crippen LogP contribution is 2.16. The minimum atomic E-state index is 0.707. The Hall–Kier alpha value is -1.44. The molecule has 0 spiro atoms. The van der Waals surface area contributed by atoms with Gasteiger partial charge < -0.3 is 10.1 Å². The minimum Gasteiger partial charge on any atom is -0.494 e. The number of hydrogen-bond donors (Lipinski definition) is 1. The van der Waals surface area contributed by atoms with Gasteiger partial charge in [-0.3, -0.25) is 0 Å². The zero-order valence-electron chi connectivity index (χ0n) is 8.79. The summed E-state index contributed by atoms with van der Waals surface area (Å²) in [5, 5.41) is 3.28. The summed E-state index contributed by atoms with van der Waals surface area (Å²) < 4.78 is 5.39. The third-order valence-corrected chi connectivity index (χ3v) is 1.80. The molecular weight excluding hydrogens is 174 g/mol. The fourth-order valence-electron chi connectivity index (χ4n) is 1.16. The maximum Gasteiger partial charge on any atom is 0.121 e. The molecule has 2 heteroatoms. The normalized spacial score (nSPS) is 10.4. The molecule has 2 nitrogen and oxygen atoms in total. The van der Waals surface area contributed by atoms with Gasteiger partial charge in [-0.05, 0) is 26.0 Å². The smallest absolute Gasteiger partial charge is 0.121 e. The molecule has 0 aliphatic carbocycles. The standard InChI is InChI=1S/C12H17NO/c1-3-5-9-13-11-7-6-8-12(10-11)14-4-2/h3,5-8,10,13H,4,9H2,1-2H3/b5-3+. The van der Waals surface area contributed by atoms with E-state index in [1.165, 1.54) is 0 Å². The highest BCUT2D eigenvalue weighted by atomic mass is 16.5. The molecule has 1 rings (SSSR count). The van der Waals surface area contributed by atoms with E-state index < -0.39 is 0 Å². The van der Waals surface area contributed by atoms with Crippen molar-refractivity contribution in [2.45, 2.75) is 13.8 Å². The minimum absolute atomic E-state index is 0.707. The Morgan fingerprint density at radius 2 is 2.29 bits per heavy atom. The number of rotatable bonds is 5. The molecule has 0 bridgehead atoms. The van der Waals surface area contributed by atoms with Crippen LogP contribution < -0.4 is 10.1 Å². The molecule has 0 atom stereocenters. The van der Waals surface area contributed by atoms with E-state index in [0.717, 1.165) is 18.0 Å². The molecule has 1 aromatic rings. The van der Waals surface area contributed by atoms with Crippen molar-refractivity contribution in [3.8, 4) is 5.75 Å². The van der Waals surface area contributed by atoms with E-state index >= 15 is 0 Å². The summed E-state index contributed by atoms with van der Waals surface area (Å²) in [4.78, 5) is 0. The lowest BCUT2D eigenvalue weighted by molar-refractivity contribution is 0.340. The van der Waals surface area contributed by atoms with Gasteiger partial charge in [0.15, 0.2) is 0 Å². The third kappa shape index (κ3) is 3.52. The van der Waals surface area contributed by atoms with Crippen molar-refractivity contribution in [2.75, 3.05) is 18.5 Å². The van der Waals surface area contributed by atoms with Gasteiger partial charge in [0.2, 0.25) is 0 Å². The number of nitrogens with one attached hydrogen (secondary N) is 1. The van der Waals surface area contributed by atoms with E-state index in [-0.39, 0.29) is 0 Å². The van der Waals surface area contributed by atoms with Gasteiger partial charge in [0, 0.05) is 18.3 Å². The molecule has 0 aromatic heterocycles. The maximum absolute atomic E-state index is 5.39. The molecule has 0 aliphatic heterocycles. The van der Waals surface area contributed by atoms with Gasteiger partial charge in [-0.25, -0.2) is 0 Å². The van der Waals surface area contributed by atoms with Gasteiger partial charge in [-0.15, -0.1) is 0 Å². The van der Waals surface area contributed by atoms with Crippen LogP contribution in [0.15, 0.2) is 36.4 Å². The lowest BCUT2D eigenvalue weighted by Crippen LogP contribution is -1.98. The summed E-state index contributed by atoms with van der Waals surface area (Å²) in [6.45, 7) is 5.56. The van der Waals surface area contributed by atoms with Gasteiger partial charge in [0.1, 0.15) is 5.75 Å². The van der Waals surface area contributed by atoms with Crippen LogP contribution in [0.4, 0.5) is 5.69 Å². The fraction of sp³-hybridized carbons (Fsp3) is 0.333. The molecule has 0 saturated carbocycles. The molecule has 0 fully saturated rings. The predicted molar refractivity (Wildman–Crippen MR) is 60.9 cm³/mol. The monoisotopic (exact) mass is 191 g/mol. The first-order valence-corrected chi connectivity index (χ1v) is 4.94. The molecule has 1 aromatic carbocycles. The van der Waals surface area contributed by atoms with Crippen molar-refractivity contribution in [1.29, 1.82) is 0 Å². The summed E-state index contributed by atoms with van der Waals surface area (Å²) in [5.74, 6) is 0.915. The lowest BCUT2D eigenvalue weighted by Gasteiger charge is -2.06. The first-order chi connectivity index (χ1) is 6.86. The van der Waals surface area contributed by atoms with Crippen LogP contribution in [0.2, 0.25) is 0 Å². The SMILES string of the molecule is C/C=C/CNc1cccc(OCC)c1. The van der Waals surface area contributed by atoms with Gasteiger partial charge in [0.25, 0.3) is 0 Å². The van der Waals surface area contributed by atoms with E-state index in [1.807, 2.05) is 44.2 Å². The zero-order valence-corrected chi connectivity index (χ0v) is 8.79. The van der Waals surface area contributed by atoms with Crippen LogP contribution in [0.25, 0.3) is 0 Å². The molecular formula is C12H17NO. The lowest BCUT2D eigenvalue weighted by atomic mass is 10.3. The summed E-state index contributed by atoms with van der Waals surface area (Å²) >= 11 is 0. The summed E-state index contributed by atoms with van der Waals surface area (Å²) in [6.07, 6.45) is 4.10. The van der Waals surface area contributed by atoms with Gasteiger partial charge in [-0.2, -0.15) is 0 Å². The summed E-state index contributed by atoms with van der Waals surface area (Å²) in [6, 6.07) is 7.99. The first-order valence-electron chi connectivity index (χ1n) is 4.94. The van der Waals surface area contributed by atoms with Crippen LogP contribution in [0, 0.1) is 0 Å². The van der Waals surface area contributed by atoms with Crippen molar-refractivity contribution in [1.82, 2.24) is 0 Å². The van der Waals surface area contributed by atoms with Crippen LogP contribution in [0.3, 0.4) is 0 Å². The molecule has 0 aliphatic rings. The highest BCUT2D eigenvalue weighted by Gasteiger charge is 1.93. The molecule has 14 heavy (non-hydrogen) atoms. The van der Waals surface area contributed by atoms with Crippen molar-refractivity contribution in [3.63, 3.8) is 0 Å². The van der Waals surface area contributed by atoms with E-state index in [4.69, 9.17) is 4.74 Å².